The highest BCUT2D eigenvalue weighted by Gasteiger charge is 2.05. The van der Waals surface area contributed by atoms with Gasteiger partial charge in [0.2, 0.25) is 0 Å². The summed E-state index contributed by atoms with van der Waals surface area (Å²) < 4.78 is 4.88. The Morgan fingerprint density at radius 1 is 1.19 bits per heavy atom. The van der Waals surface area contributed by atoms with Crippen molar-refractivity contribution < 1.29 is 4.42 Å². The summed E-state index contributed by atoms with van der Waals surface area (Å²) in [6.07, 6.45) is 0. The summed E-state index contributed by atoms with van der Waals surface area (Å²) in [6.45, 7) is 0. The SMILES string of the molecule is O=c1[nH]c2cc(-c3csc(=O)[nH]3)ccc2o1. The molecule has 0 aliphatic heterocycles. The van der Waals surface area contributed by atoms with Gasteiger partial charge in [0.15, 0.2) is 5.58 Å². The van der Waals surface area contributed by atoms with Gasteiger partial charge in [0, 0.05) is 10.9 Å². The first kappa shape index (κ1) is 9.17. The summed E-state index contributed by atoms with van der Waals surface area (Å²) in [6, 6.07) is 5.24. The first-order chi connectivity index (χ1) is 7.72. The Kier molecular flexibility index (Phi) is 1.84. The second kappa shape index (κ2) is 3.21. The Morgan fingerprint density at radius 2 is 2.06 bits per heavy atom. The summed E-state index contributed by atoms with van der Waals surface area (Å²) >= 11 is 1.10. The molecule has 0 spiro atoms. The van der Waals surface area contributed by atoms with Gasteiger partial charge < -0.3 is 9.40 Å². The minimum atomic E-state index is -0.481. The number of nitrogens with one attached hydrogen (secondary N) is 2. The fourth-order valence-electron chi connectivity index (χ4n) is 1.54. The van der Waals surface area contributed by atoms with E-state index in [0.29, 0.717) is 11.1 Å². The molecule has 0 unspecified atom stereocenters. The van der Waals surface area contributed by atoms with Crippen LogP contribution < -0.4 is 10.6 Å². The zero-order chi connectivity index (χ0) is 11.1. The molecule has 0 saturated heterocycles. The average Bonchev–Trinajstić information content (AvgIpc) is 2.81. The van der Waals surface area contributed by atoms with E-state index in [4.69, 9.17) is 4.42 Å². The molecular weight excluding hydrogens is 228 g/mol. The summed E-state index contributed by atoms with van der Waals surface area (Å²) in [5.41, 5.74) is 2.70. The number of aromatic amines is 2. The van der Waals surface area contributed by atoms with E-state index in [1.165, 1.54) is 0 Å². The van der Waals surface area contributed by atoms with E-state index in [9.17, 15) is 9.59 Å². The molecule has 0 saturated carbocycles. The Balaban J connectivity index is 2.25. The van der Waals surface area contributed by atoms with Gasteiger partial charge >= 0.3 is 10.6 Å². The van der Waals surface area contributed by atoms with Gasteiger partial charge in [-0.15, -0.1) is 0 Å². The van der Waals surface area contributed by atoms with Gasteiger partial charge in [0.05, 0.1) is 11.2 Å². The molecule has 6 heteroatoms. The van der Waals surface area contributed by atoms with Crippen molar-refractivity contribution in [3.05, 3.63) is 43.8 Å². The fourth-order valence-corrected chi connectivity index (χ4v) is 2.13. The smallest absolute Gasteiger partial charge is 0.408 e. The monoisotopic (exact) mass is 234 g/mol. The number of rotatable bonds is 1. The minimum Gasteiger partial charge on any atom is -0.408 e. The lowest BCUT2D eigenvalue weighted by Gasteiger charge is -1.95. The quantitative estimate of drug-likeness (QED) is 0.670. The van der Waals surface area contributed by atoms with Crippen molar-refractivity contribution in [2.75, 3.05) is 0 Å². The zero-order valence-corrected chi connectivity index (χ0v) is 8.76. The molecule has 1 aromatic carbocycles. The largest absolute Gasteiger partial charge is 0.417 e. The van der Waals surface area contributed by atoms with E-state index in [2.05, 4.69) is 9.97 Å². The van der Waals surface area contributed by atoms with Crippen molar-refractivity contribution >= 4 is 22.4 Å². The summed E-state index contributed by atoms with van der Waals surface area (Å²) in [4.78, 5) is 27.1. The van der Waals surface area contributed by atoms with Crippen LogP contribution in [0, 0.1) is 0 Å². The molecule has 2 N–H and O–H groups in total. The Hall–Kier alpha value is -2.08. The number of fused-ring (bicyclic) bond motifs is 1. The molecule has 3 aromatic rings. The average molecular weight is 234 g/mol. The predicted molar refractivity (Wildman–Crippen MR) is 60.8 cm³/mol. The third-order valence-electron chi connectivity index (χ3n) is 2.25. The molecule has 0 amide bonds. The number of hydrogen-bond donors (Lipinski definition) is 2. The summed E-state index contributed by atoms with van der Waals surface area (Å²) in [7, 11) is 0. The van der Waals surface area contributed by atoms with Crippen molar-refractivity contribution in [2.45, 2.75) is 0 Å². The summed E-state index contributed by atoms with van der Waals surface area (Å²) in [5, 5.41) is 1.74. The van der Waals surface area contributed by atoms with Crippen LogP contribution in [-0.4, -0.2) is 9.97 Å². The summed E-state index contributed by atoms with van der Waals surface area (Å²) in [5.74, 6) is -0.481. The molecule has 0 bridgehead atoms. The second-order valence-corrected chi connectivity index (χ2v) is 4.13. The van der Waals surface area contributed by atoms with Gasteiger partial charge in [-0.05, 0) is 18.2 Å². The maximum atomic E-state index is 11.0. The topological polar surface area (TPSA) is 78.9 Å². The minimum absolute atomic E-state index is 0.101. The molecule has 16 heavy (non-hydrogen) atoms. The molecule has 2 aromatic heterocycles. The van der Waals surface area contributed by atoms with Crippen molar-refractivity contribution in [1.82, 2.24) is 9.97 Å². The van der Waals surface area contributed by atoms with Crippen LogP contribution >= 0.6 is 11.3 Å². The number of thiazole rings is 1. The normalized spacial score (nSPS) is 11.0. The molecule has 2 heterocycles. The van der Waals surface area contributed by atoms with Crippen LogP contribution in [0.15, 0.2) is 37.6 Å². The van der Waals surface area contributed by atoms with Crippen LogP contribution in [0.25, 0.3) is 22.4 Å². The third kappa shape index (κ3) is 1.40. The van der Waals surface area contributed by atoms with Crippen molar-refractivity contribution in [2.24, 2.45) is 0 Å². The lowest BCUT2D eigenvalue weighted by Crippen LogP contribution is -1.93. The Bertz CT molecular complexity index is 762. The van der Waals surface area contributed by atoms with Crippen LogP contribution in [0.3, 0.4) is 0 Å². The van der Waals surface area contributed by atoms with Crippen molar-refractivity contribution in [3.8, 4) is 11.3 Å². The lowest BCUT2D eigenvalue weighted by atomic mass is 10.1. The predicted octanol–water partition coefficient (Wildman–Crippen LogP) is 1.54. The lowest BCUT2D eigenvalue weighted by molar-refractivity contribution is 0.555. The van der Waals surface area contributed by atoms with Gasteiger partial charge in [-0.2, -0.15) is 0 Å². The van der Waals surface area contributed by atoms with Crippen LogP contribution in [0.1, 0.15) is 0 Å². The molecule has 0 radical (unpaired) electrons. The molecule has 0 aliphatic rings. The van der Waals surface area contributed by atoms with Gasteiger partial charge in [-0.1, -0.05) is 11.3 Å². The highest BCUT2D eigenvalue weighted by atomic mass is 32.1. The first-order valence-corrected chi connectivity index (χ1v) is 5.41. The number of hydrogen-bond acceptors (Lipinski definition) is 4. The third-order valence-corrected chi connectivity index (χ3v) is 2.92. The van der Waals surface area contributed by atoms with Gasteiger partial charge in [0.25, 0.3) is 0 Å². The van der Waals surface area contributed by atoms with Crippen LogP contribution in [-0.2, 0) is 0 Å². The van der Waals surface area contributed by atoms with Crippen LogP contribution in [0.5, 0.6) is 0 Å². The maximum absolute atomic E-state index is 11.0. The zero-order valence-electron chi connectivity index (χ0n) is 7.94. The van der Waals surface area contributed by atoms with Crippen LogP contribution in [0.2, 0.25) is 0 Å². The van der Waals surface area contributed by atoms with E-state index in [-0.39, 0.29) is 4.87 Å². The second-order valence-electron chi connectivity index (χ2n) is 3.29. The fraction of sp³-hybridized carbons (Fsp3) is 0. The van der Waals surface area contributed by atoms with Crippen molar-refractivity contribution in [1.29, 1.82) is 0 Å². The highest BCUT2D eigenvalue weighted by molar-refractivity contribution is 7.07. The molecule has 0 fully saturated rings. The van der Waals surface area contributed by atoms with Gasteiger partial charge in [-0.3, -0.25) is 9.78 Å². The van der Waals surface area contributed by atoms with E-state index in [1.54, 1.807) is 23.6 Å². The molecule has 80 valence electrons. The Morgan fingerprint density at radius 3 is 2.81 bits per heavy atom. The molecule has 0 aliphatic carbocycles. The first-order valence-electron chi connectivity index (χ1n) is 4.53. The molecule has 0 atom stereocenters. The van der Waals surface area contributed by atoms with Crippen LogP contribution in [0.4, 0.5) is 0 Å². The van der Waals surface area contributed by atoms with Gasteiger partial charge in [-0.25, -0.2) is 4.79 Å². The van der Waals surface area contributed by atoms with E-state index in [1.807, 2.05) is 0 Å². The van der Waals surface area contributed by atoms with Crippen molar-refractivity contribution in [3.63, 3.8) is 0 Å². The number of aromatic nitrogens is 2. The standard InChI is InChI=1S/C10H6N2O3S/c13-9-11-6-3-5(1-2-8(6)15-9)7-4-16-10(14)12-7/h1-4H,(H,11,13)(H,12,14). The highest BCUT2D eigenvalue weighted by Crippen LogP contribution is 2.21. The van der Waals surface area contributed by atoms with E-state index >= 15 is 0 Å². The molecule has 3 rings (SSSR count). The molecule has 5 nitrogen and oxygen atoms in total. The number of benzene rings is 1. The molecular formula is C10H6N2O3S. The van der Waals surface area contributed by atoms with E-state index < -0.39 is 5.76 Å². The van der Waals surface area contributed by atoms with E-state index in [0.717, 1.165) is 22.6 Å². The number of H-pyrrole nitrogens is 2. The van der Waals surface area contributed by atoms with Gasteiger partial charge in [0.1, 0.15) is 0 Å². The number of oxazole rings is 1. The maximum Gasteiger partial charge on any atom is 0.417 e. The Labute approximate surface area is 92.4 Å².